The highest BCUT2D eigenvalue weighted by molar-refractivity contribution is 14.1. The van der Waals surface area contributed by atoms with Gasteiger partial charge in [0, 0.05) is 22.3 Å². The van der Waals surface area contributed by atoms with Crippen LogP contribution in [0.3, 0.4) is 0 Å². The van der Waals surface area contributed by atoms with Gasteiger partial charge in [0.2, 0.25) is 0 Å². The second-order valence-electron chi connectivity index (χ2n) is 4.33. The predicted molar refractivity (Wildman–Crippen MR) is 83.9 cm³/mol. The minimum absolute atomic E-state index is 0.570. The van der Waals surface area contributed by atoms with Crippen molar-refractivity contribution in [1.82, 2.24) is 5.32 Å². The second-order valence-corrected chi connectivity index (χ2v) is 8.40. The largest absolute Gasteiger partial charge is 0.305 e. The van der Waals surface area contributed by atoms with Crippen LogP contribution in [0.15, 0.2) is 23.6 Å². The maximum absolute atomic E-state index is 3.71. The number of rotatable bonds is 3. The molecule has 0 saturated carbocycles. The average molecular weight is 375 g/mol. The third kappa shape index (κ3) is 2.75. The van der Waals surface area contributed by atoms with Crippen LogP contribution in [-0.2, 0) is 13.0 Å². The molecule has 0 amide bonds. The fourth-order valence-electron chi connectivity index (χ4n) is 2.37. The number of aryl methyl sites for hydroxylation is 1. The normalized spacial score (nSPS) is 19.2. The van der Waals surface area contributed by atoms with E-state index >= 15 is 0 Å². The van der Waals surface area contributed by atoms with Gasteiger partial charge in [-0.25, -0.2) is 0 Å². The van der Waals surface area contributed by atoms with Gasteiger partial charge in [0.25, 0.3) is 0 Å². The second kappa shape index (κ2) is 5.38. The van der Waals surface area contributed by atoms with Crippen LogP contribution < -0.4 is 5.32 Å². The summed E-state index contributed by atoms with van der Waals surface area (Å²) in [5.74, 6) is 0. The van der Waals surface area contributed by atoms with Crippen LogP contribution >= 0.6 is 45.3 Å². The molecule has 0 spiro atoms. The zero-order valence-corrected chi connectivity index (χ0v) is 13.2. The maximum Gasteiger partial charge on any atom is 0.0659 e. The van der Waals surface area contributed by atoms with Crippen molar-refractivity contribution >= 4 is 45.3 Å². The number of hydrogen-bond donors (Lipinski definition) is 1. The molecule has 1 aliphatic carbocycles. The first-order chi connectivity index (χ1) is 8.33. The van der Waals surface area contributed by atoms with Gasteiger partial charge < -0.3 is 5.32 Å². The standard InChI is InChI=1S/C13H14INS2/c14-13-7-10-11(4-1-5-12(10)17-13)15-8-9-3-2-6-16-9/h2-3,6-7,11,15H,1,4-5,8H2. The fraction of sp³-hybridized carbons (Fsp3) is 0.385. The molecule has 0 aromatic carbocycles. The van der Waals surface area contributed by atoms with E-state index in [2.05, 4.69) is 51.5 Å². The molecule has 3 rings (SSSR count). The van der Waals surface area contributed by atoms with Gasteiger partial charge >= 0.3 is 0 Å². The molecule has 0 radical (unpaired) electrons. The van der Waals surface area contributed by atoms with Gasteiger partial charge in [-0.2, -0.15) is 0 Å². The molecule has 90 valence electrons. The molecule has 17 heavy (non-hydrogen) atoms. The van der Waals surface area contributed by atoms with Crippen molar-refractivity contribution in [3.63, 3.8) is 0 Å². The topological polar surface area (TPSA) is 12.0 Å². The third-order valence-corrected chi connectivity index (χ3v) is 6.03. The Morgan fingerprint density at radius 2 is 2.41 bits per heavy atom. The summed E-state index contributed by atoms with van der Waals surface area (Å²) in [4.78, 5) is 3.03. The van der Waals surface area contributed by atoms with E-state index < -0.39 is 0 Å². The highest BCUT2D eigenvalue weighted by Gasteiger charge is 2.22. The van der Waals surface area contributed by atoms with Crippen molar-refractivity contribution in [3.05, 3.63) is 41.8 Å². The minimum Gasteiger partial charge on any atom is -0.305 e. The summed E-state index contributed by atoms with van der Waals surface area (Å²) in [6.45, 7) is 1.01. The Kier molecular flexibility index (Phi) is 3.84. The van der Waals surface area contributed by atoms with E-state index in [1.54, 1.807) is 10.4 Å². The monoisotopic (exact) mass is 375 g/mol. The van der Waals surface area contributed by atoms with Crippen LogP contribution in [-0.4, -0.2) is 0 Å². The van der Waals surface area contributed by atoms with E-state index in [0.29, 0.717) is 6.04 Å². The Labute approximate surface area is 123 Å². The van der Waals surface area contributed by atoms with Gasteiger partial charge in [-0.15, -0.1) is 22.7 Å². The first kappa shape index (κ1) is 12.1. The van der Waals surface area contributed by atoms with Crippen LogP contribution in [0.25, 0.3) is 0 Å². The first-order valence-electron chi connectivity index (χ1n) is 5.87. The van der Waals surface area contributed by atoms with Crippen LogP contribution in [0.4, 0.5) is 0 Å². The molecule has 4 heteroatoms. The zero-order valence-electron chi connectivity index (χ0n) is 9.41. The lowest BCUT2D eigenvalue weighted by atomic mass is 9.94. The van der Waals surface area contributed by atoms with Crippen molar-refractivity contribution in [2.75, 3.05) is 0 Å². The van der Waals surface area contributed by atoms with Crippen LogP contribution in [0.5, 0.6) is 0 Å². The van der Waals surface area contributed by atoms with Crippen molar-refractivity contribution in [3.8, 4) is 0 Å². The van der Waals surface area contributed by atoms with E-state index in [9.17, 15) is 0 Å². The van der Waals surface area contributed by atoms with Crippen LogP contribution in [0.2, 0.25) is 0 Å². The summed E-state index contributed by atoms with van der Waals surface area (Å²) in [6, 6.07) is 7.27. The number of hydrogen-bond acceptors (Lipinski definition) is 3. The van der Waals surface area contributed by atoms with Gasteiger partial charge in [0.05, 0.1) is 2.88 Å². The molecule has 1 atom stereocenters. The zero-order chi connectivity index (χ0) is 11.7. The molecular weight excluding hydrogens is 361 g/mol. The highest BCUT2D eigenvalue weighted by atomic mass is 127. The lowest BCUT2D eigenvalue weighted by Crippen LogP contribution is -2.23. The molecule has 0 aliphatic heterocycles. The minimum atomic E-state index is 0.570. The number of thiophene rings is 2. The summed E-state index contributed by atoms with van der Waals surface area (Å²) >= 11 is 6.25. The van der Waals surface area contributed by atoms with Gasteiger partial charge in [0.1, 0.15) is 0 Å². The molecule has 2 aromatic rings. The number of halogens is 1. The molecule has 1 unspecified atom stereocenters. The van der Waals surface area contributed by atoms with Crippen LogP contribution in [0.1, 0.15) is 34.2 Å². The highest BCUT2D eigenvalue weighted by Crippen LogP contribution is 2.36. The number of fused-ring (bicyclic) bond motifs is 1. The molecule has 1 nitrogen and oxygen atoms in total. The Morgan fingerprint density at radius 1 is 1.47 bits per heavy atom. The SMILES string of the molecule is Ic1cc2c(s1)CCCC2NCc1cccs1. The Balaban J connectivity index is 1.72. The van der Waals surface area contributed by atoms with Crippen LogP contribution in [0, 0.1) is 2.88 Å². The molecular formula is C13H14INS2. The van der Waals surface area contributed by atoms with Crippen molar-refractivity contribution < 1.29 is 0 Å². The lowest BCUT2D eigenvalue weighted by Gasteiger charge is -2.23. The number of nitrogens with one attached hydrogen (secondary N) is 1. The molecule has 2 aromatic heterocycles. The quantitative estimate of drug-likeness (QED) is 0.775. The van der Waals surface area contributed by atoms with Gasteiger partial charge in [-0.05, 0) is 64.9 Å². The summed E-state index contributed by atoms with van der Waals surface area (Å²) in [6.07, 6.45) is 3.89. The molecule has 0 saturated heterocycles. The molecule has 0 fully saturated rings. The maximum atomic E-state index is 3.71. The average Bonchev–Trinajstić information content (AvgIpc) is 2.93. The summed E-state index contributed by atoms with van der Waals surface area (Å²) < 4.78 is 1.43. The summed E-state index contributed by atoms with van der Waals surface area (Å²) in [5, 5.41) is 5.86. The predicted octanol–water partition coefficient (Wildman–Crippen LogP) is 4.58. The van der Waals surface area contributed by atoms with Crippen molar-refractivity contribution in [1.29, 1.82) is 0 Å². The van der Waals surface area contributed by atoms with Crippen molar-refractivity contribution in [2.45, 2.75) is 31.8 Å². The third-order valence-electron chi connectivity index (χ3n) is 3.19. The van der Waals surface area contributed by atoms with E-state index in [1.165, 1.54) is 27.0 Å². The fourth-order valence-corrected chi connectivity index (χ4v) is 5.15. The van der Waals surface area contributed by atoms with E-state index in [4.69, 9.17) is 0 Å². The Morgan fingerprint density at radius 3 is 3.24 bits per heavy atom. The Bertz CT molecular complexity index is 489. The molecule has 2 heterocycles. The van der Waals surface area contributed by atoms with Crippen molar-refractivity contribution in [2.24, 2.45) is 0 Å². The van der Waals surface area contributed by atoms with Gasteiger partial charge in [-0.1, -0.05) is 6.07 Å². The van der Waals surface area contributed by atoms with Gasteiger partial charge in [0.15, 0.2) is 0 Å². The van der Waals surface area contributed by atoms with E-state index in [1.807, 2.05) is 22.7 Å². The summed E-state index contributed by atoms with van der Waals surface area (Å²) in [5.41, 5.74) is 1.56. The first-order valence-corrected chi connectivity index (χ1v) is 8.64. The van der Waals surface area contributed by atoms with E-state index in [0.717, 1.165) is 6.54 Å². The lowest BCUT2D eigenvalue weighted by molar-refractivity contribution is 0.465. The smallest absolute Gasteiger partial charge is 0.0659 e. The molecule has 1 N–H and O–H groups in total. The van der Waals surface area contributed by atoms with E-state index in [-0.39, 0.29) is 0 Å². The van der Waals surface area contributed by atoms with Gasteiger partial charge in [-0.3, -0.25) is 0 Å². The molecule has 1 aliphatic rings. The summed E-state index contributed by atoms with van der Waals surface area (Å²) in [7, 11) is 0. The Hall–Kier alpha value is 0.0900. The molecule has 0 bridgehead atoms.